The second-order valence-corrected chi connectivity index (χ2v) is 10.8. The van der Waals surface area contributed by atoms with Gasteiger partial charge in [-0.2, -0.15) is 0 Å². The lowest BCUT2D eigenvalue weighted by Gasteiger charge is -2.23. The normalized spacial score (nSPS) is 17.1. The van der Waals surface area contributed by atoms with Gasteiger partial charge in [-0.25, -0.2) is 18.2 Å². The molecule has 3 aromatic rings. The van der Waals surface area contributed by atoms with E-state index in [1.807, 2.05) is 18.2 Å². The molecule has 1 aliphatic rings. The number of hydrogen-bond acceptors (Lipinski definition) is 6. The Morgan fingerprint density at radius 2 is 1.94 bits per heavy atom. The predicted octanol–water partition coefficient (Wildman–Crippen LogP) is 3.67. The van der Waals surface area contributed by atoms with Gasteiger partial charge in [0.15, 0.2) is 16.4 Å². The van der Waals surface area contributed by atoms with Crippen LogP contribution in [0.15, 0.2) is 48.5 Å². The first kappa shape index (κ1) is 23.2. The monoisotopic (exact) mass is 486 g/mol. The van der Waals surface area contributed by atoms with Gasteiger partial charge in [-0.3, -0.25) is 4.79 Å². The molecule has 0 aliphatic carbocycles. The van der Waals surface area contributed by atoms with E-state index in [-0.39, 0.29) is 11.5 Å². The van der Waals surface area contributed by atoms with Crippen LogP contribution in [0.2, 0.25) is 5.02 Å². The molecule has 172 valence electrons. The van der Waals surface area contributed by atoms with Crippen molar-refractivity contribution in [1.82, 2.24) is 9.88 Å². The second-order valence-electron chi connectivity index (χ2n) is 8.13. The van der Waals surface area contributed by atoms with Crippen LogP contribution in [0.1, 0.15) is 22.3 Å². The third-order valence-corrected chi connectivity index (χ3v) is 7.90. The molecule has 33 heavy (non-hydrogen) atoms. The van der Waals surface area contributed by atoms with E-state index in [1.54, 1.807) is 37.3 Å². The molecule has 0 bridgehead atoms. The van der Waals surface area contributed by atoms with Crippen molar-refractivity contribution in [2.24, 2.45) is 0 Å². The zero-order valence-corrected chi connectivity index (χ0v) is 19.8. The fourth-order valence-corrected chi connectivity index (χ4v) is 6.04. The van der Waals surface area contributed by atoms with E-state index in [4.69, 9.17) is 21.3 Å². The van der Waals surface area contributed by atoms with E-state index in [0.29, 0.717) is 39.2 Å². The van der Waals surface area contributed by atoms with Crippen LogP contribution >= 0.6 is 11.6 Å². The number of para-hydroxylation sites is 1. The van der Waals surface area contributed by atoms with E-state index < -0.39 is 34.4 Å². The molecule has 1 saturated heterocycles. The van der Waals surface area contributed by atoms with Crippen LogP contribution in [0.3, 0.4) is 0 Å². The topological polar surface area (TPSA) is 93.6 Å². The van der Waals surface area contributed by atoms with Crippen LogP contribution in [0.5, 0.6) is 0 Å². The molecule has 0 unspecified atom stereocenters. The summed E-state index contributed by atoms with van der Waals surface area (Å²) in [5.74, 6) is -1.10. The number of amides is 1. The number of sulfone groups is 1. The molecule has 1 fully saturated rings. The number of halogens is 1. The Labute approximate surface area is 197 Å². The highest BCUT2D eigenvalue weighted by Gasteiger charge is 2.33. The number of benzene rings is 2. The lowest BCUT2D eigenvalue weighted by Crippen LogP contribution is -2.40. The van der Waals surface area contributed by atoms with Crippen molar-refractivity contribution >= 4 is 44.2 Å². The van der Waals surface area contributed by atoms with Gasteiger partial charge in [0.25, 0.3) is 5.91 Å². The predicted molar refractivity (Wildman–Crippen MR) is 127 cm³/mol. The van der Waals surface area contributed by atoms with Crippen molar-refractivity contribution in [2.45, 2.75) is 19.4 Å². The summed E-state index contributed by atoms with van der Waals surface area (Å²) in [5, 5.41) is 1.17. The summed E-state index contributed by atoms with van der Waals surface area (Å²) in [6.45, 7) is 1.30. The molecule has 1 aromatic heterocycles. The molecule has 2 heterocycles. The van der Waals surface area contributed by atoms with Crippen LogP contribution in [0, 0.1) is 6.92 Å². The number of pyridine rings is 1. The second kappa shape index (κ2) is 9.11. The van der Waals surface area contributed by atoms with Gasteiger partial charge in [0.2, 0.25) is 0 Å². The van der Waals surface area contributed by atoms with E-state index >= 15 is 0 Å². The first-order valence-corrected chi connectivity index (χ1v) is 12.6. The molecule has 9 heteroatoms. The van der Waals surface area contributed by atoms with Gasteiger partial charge in [-0.05, 0) is 37.1 Å². The summed E-state index contributed by atoms with van der Waals surface area (Å²) < 4.78 is 28.8. The SMILES string of the molecule is Cc1c(-c2cccc(Cl)c2)nc2ccccc2c1C(=O)OCC(=O)N(C)[C@H]1CCS(=O)(=O)C1. The van der Waals surface area contributed by atoms with Gasteiger partial charge in [0, 0.05) is 29.1 Å². The van der Waals surface area contributed by atoms with E-state index in [0.717, 1.165) is 5.56 Å². The van der Waals surface area contributed by atoms with E-state index in [1.165, 1.54) is 11.9 Å². The minimum Gasteiger partial charge on any atom is -0.452 e. The molecule has 0 spiro atoms. The highest BCUT2D eigenvalue weighted by molar-refractivity contribution is 7.91. The molecule has 0 saturated carbocycles. The summed E-state index contributed by atoms with van der Waals surface area (Å²) >= 11 is 6.15. The van der Waals surface area contributed by atoms with Crippen LogP contribution in [0.4, 0.5) is 0 Å². The van der Waals surface area contributed by atoms with Crippen LogP contribution in [-0.2, 0) is 19.4 Å². The summed E-state index contributed by atoms with van der Waals surface area (Å²) in [5.41, 5.74) is 2.92. The molecular weight excluding hydrogens is 464 g/mol. The minimum absolute atomic E-state index is 0.0591. The first-order chi connectivity index (χ1) is 15.7. The zero-order valence-electron chi connectivity index (χ0n) is 18.2. The number of carbonyl (C=O) groups is 2. The maximum Gasteiger partial charge on any atom is 0.339 e. The molecule has 1 atom stereocenters. The number of nitrogens with zero attached hydrogens (tertiary/aromatic N) is 2. The van der Waals surface area contributed by atoms with Gasteiger partial charge < -0.3 is 9.64 Å². The molecular formula is C24H23ClN2O5S. The van der Waals surface area contributed by atoms with Crippen molar-refractivity contribution in [3.8, 4) is 11.3 Å². The fraction of sp³-hybridized carbons (Fsp3) is 0.292. The Morgan fingerprint density at radius 3 is 2.64 bits per heavy atom. The maximum atomic E-state index is 13.1. The molecule has 1 aliphatic heterocycles. The number of ether oxygens (including phenoxy) is 1. The van der Waals surface area contributed by atoms with Crippen LogP contribution in [-0.4, -0.2) is 61.4 Å². The number of rotatable bonds is 5. The fourth-order valence-electron chi connectivity index (χ4n) is 4.07. The third kappa shape index (κ3) is 4.86. The molecule has 0 N–H and O–H groups in total. The van der Waals surface area contributed by atoms with Crippen molar-refractivity contribution in [3.05, 3.63) is 64.7 Å². The Balaban J connectivity index is 1.61. The Kier molecular flexibility index (Phi) is 6.41. The molecule has 7 nitrogen and oxygen atoms in total. The van der Waals surface area contributed by atoms with Gasteiger partial charge in [-0.1, -0.05) is 41.9 Å². The summed E-state index contributed by atoms with van der Waals surface area (Å²) in [6.07, 6.45) is 0.385. The standard InChI is InChI=1S/C24H23ClN2O5S/c1-15-22(24(29)32-13-21(28)27(2)18-10-11-33(30,31)14-18)19-8-3-4-9-20(19)26-23(15)16-6-5-7-17(25)12-16/h3-9,12,18H,10-11,13-14H2,1-2H3/t18-/m0/s1. The largest absolute Gasteiger partial charge is 0.452 e. The molecule has 0 radical (unpaired) electrons. The number of likely N-dealkylation sites (N-methyl/N-ethyl adjacent to an activating group) is 1. The average Bonchev–Trinajstić information content (AvgIpc) is 3.15. The van der Waals surface area contributed by atoms with Gasteiger partial charge >= 0.3 is 5.97 Å². The van der Waals surface area contributed by atoms with E-state index in [9.17, 15) is 18.0 Å². The smallest absolute Gasteiger partial charge is 0.339 e. The number of fused-ring (bicyclic) bond motifs is 1. The summed E-state index contributed by atoms with van der Waals surface area (Å²) in [4.78, 5) is 31.8. The van der Waals surface area contributed by atoms with E-state index in [2.05, 4.69) is 0 Å². The van der Waals surface area contributed by atoms with Crippen molar-refractivity contribution < 1.29 is 22.7 Å². The number of carbonyl (C=O) groups excluding carboxylic acids is 2. The van der Waals surface area contributed by atoms with Crippen LogP contribution in [0.25, 0.3) is 22.2 Å². The number of hydrogen-bond donors (Lipinski definition) is 0. The van der Waals surface area contributed by atoms with Gasteiger partial charge in [-0.15, -0.1) is 0 Å². The van der Waals surface area contributed by atoms with Crippen molar-refractivity contribution in [2.75, 3.05) is 25.2 Å². The highest BCUT2D eigenvalue weighted by Crippen LogP contribution is 2.31. The van der Waals surface area contributed by atoms with Crippen LogP contribution < -0.4 is 0 Å². The quantitative estimate of drug-likeness (QED) is 0.511. The lowest BCUT2D eigenvalue weighted by molar-refractivity contribution is -0.134. The highest BCUT2D eigenvalue weighted by atomic mass is 35.5. The first-order valence-electron chi connectivity index (χ1n) is 10.4. The number of aromatic nitrogens is 1. The van der Waals surface area contributed by atoms with Gasteiger partial charge in [0.05, 0.1) is 28.3 Å². The maximum absolute atomic E-state index is 13.1. The molecule has 2 aromatic carbocycles. The van der Waals surface area contributed by atoms with Crippen molar-refractivity contribution in [3.63, 3.8) is 0 Å². The number of esters is 1. The molecule has 4 rings (SSSR count). The average molecular weight is 487 g/mol. The summed E-state index contributed by atoms with van der Waals surface area (Å²) in [6, 6.07) is 14.0. The third-order valence-electron chi connectivity index (χ3n) is 5.91. The Hall–Kier alpha value is -2.97. The summed E-state index contributed by atoms with van der Waals surface area (Å²) in [7, 11) is -1.60. The minimum atomic E-state index is -3.13. The van der Waals surface area contributed by atoms with Gasteiger partial charge in [0.1, 0.15) is 0 Å². The Bertz CT molecular complexity index is 1360. The lowest BCUT2D eigenvalue weighted by atomic mass is 9.98. The van der Waals surface area contributed by atoms with Crippen molar-refractivity contribution in [1.29, 1.82) is 0 Å². The zero-order chi connectivity index (χ0) is 23.8. The molecule has 1 amide bonds. The Morgan fingerprint density at radius 1 is 1.18 bits per heavy atom.